The van der Waals surface area contributed by atoms with Crippen molar-refractivity contribution >= 4 is 28.5 Å². The second kappa shape index (κ2) is 4.16. The number of nitrogens with zero attached hydrogens (tertiary/aromatic N) is 2. The minimum atomic E-state index is 0.337. The number of terminal acetylenes is 1. The highest BCUT2D eigenvalue weighted by Crippen LogP contribution is 2.20. The minimum Gasteiger partial charge on any atom is -0.357 e. The standard InChI is InChI=1S/C11H8ClN3/c1-2-7-13-11-10(12)14-8-5-3-4-6-9(8)15-11/h1,3-6H,7H2,(H,13,15). The van der Waals surface area contributed by atoms with E-state index in [1.165, 1.54) is 0 Å². The van der Waals surface area contributed by atoms with Crippen molar-refractivity contribution in [2.24, 2.45) is 0 Å². The van der Waals surface area contributed by atoms with Crippen LogP contribution in [0.1, 0.15) is 0 Å². The van der Waals surface area contributed by atoms with E-state index in [2.05, 4.69) is 21.2 Å². The number of halogens is 1. The normalized spacial score (nSPS) is 9.87. The third-order valence-electron chi connectivity index (χ3n) is 1.89. The number of hydrogen-bond donors (Lipinski definition) is 1. The van der Waals surface area contributed by atoms with Gasteiger partial charge in [0.05, 0.1) is 17.6 Å². The summed E-state index contributed by atoms with van der Waals surface area (Å²) in [5, 5.41) is 3.25. The lowest BCUT2D eigenvalue weighted by molar-refractivity contribution is 1.23. The Labute approximate surface area is 92.5 Å². The highest BCUT2D eigenvalue weighted by atomic mass is 35.5. The molecule has 2 rings (SSSR count). The Morgan fingerprint density at radius 1 is 1.27 bits per heavy atom. The van der Waals surface area contributed by atoms with Crippen LogP contribution in [-0.4, -0.2) is 16.5 Å². The number of hydrogen-bond acceptors (Lipinski definition) is 3. The van der Waals surface area contributed by atoms with Gasteiger partial charge >= 0.3 is 0 Å². The van der Waals surface area contributed by atoms with Crippen LogP contribution < -0.4 is 5.32 Å². The zero-order chi connectivity index (χ0) is 10.7. The van der Waals surface area contributed by atoms with Crippen molar-refractivity contribution in [1.29, 1.82) is 0 Å². The van der Waals surface area contributed by atoms with Crippen molar-refractivity contribution in [3.05, 3.63) is 29.4 Å². The van der Waals surface area contributed by atoms with E-state index < -0.39 is 0 Å². The Morgan fingerprint density at radius 3 is 2.60 bits per heavy atom. The molecule has 2 aromatic rings. The first kappa shape index (κ1) is 9.75. The van der Waals surface area contributed by atoms with Gasteiger partial charge in [0.2, 0.25) is 0 Å². The molecule has 1 aromatic carbocycles. The SMILES string of the molecule is C#CCNc1nc2ccccc2nc1Cl. The van der Waals surface area contributed by atoms with Crippen LogP contribution in [0.5, 0.6) is 0 Å². The quantitative estimate of drug-likeness (QED) is 0.785. The number of aromatic nitrogens is 2. The smallest absolute Gasteiger partial charge is 0.172 e. The summed E-state index contributed by atoms with van der Waals surface area (Å²) >= 11 is 5.93. The number of fused-ring (bicyclic) bond motifs is 1. The zero-order valence-corrected chi connectivity index (χ0v) is 8.62. The van der Waals surface area contributed by atoms with Crippen LogP contribution >= 0.6 is 11.6 Å². The Hall–Kier alpha value is -1.79. The molecular formula is C11H8ClN3. The second-order valence-corrected chi connectivity index (χ2v) is 3.27. The van der Waals surface area contributed by atoms with Crippen LogP contribution in [-0.2, 0) is 0 Å². The number of para-hydroxylation sites is 2. The summed E-state index contributed by atoms with van der Waals surface area (Å²) in [6, 6.07) is 7.52. The summed E-state index contributed by atoms with van der Waals surface area (Å²) in [5.41, 5.74) is 1.56. The maximum atomic E-state index is 5.93. The molecule has 1 heterocycles. The molecule has 1 aromatic heterocycles. The van der Waals surface area contributed by atoms with E-state index >= 15 is 0 Å². The molecule has 15 heavy (non-hydrogen) atoms. The van der Waals surface area contributed by atoms with Gasteiger partial charge in [0.15, 0.2) is 11.0 Å². The number of nitrogens with one attached hydrogen (secondary N) is 1. The molecule has 0 aliphatic heterocycles. The molecule has 0 radical (unpaired) electrons. The van der Waals surface area contributed by atoms with Crippen LogP contribution in [0.4, 0.5) is 5.82 Å². The van der Waals surface area contributed by atoms with Gasteiger partial charge in [0.1, 0.15) is 0 Å². The Morgan fingerprint density at radius 2 is 1.93 bits per heavy atom. The van der Waals surface area contributed by atoms with Crippen LogP contribution in [0.3, 0.4) is 0 Å². The fourth-order valence-corrected chi connectivity index (χ4v) is 1.43. The first-order valence-corrected chi connectivity index (χ1v) is 4.78. The predicted molar refractivity (Wildman–Crippen MR) is 61.9 cm³/mol. The average molecular weight is 218 g/mol. The summed E-state index contributed by atoms with van der Waals surface area (Å²) in [6.45, 7) is 0.382. The average Bonchev–Trinajstić information content (AvgIpc) is 2.26. The molecule has 1 N–H and O–H groups in total. The van der Waals surface area contributed by atoms with Gasteiger partial charge < -0.3 is 5.32 Å². The van der Waals surface area contributed by atoms with Crippen molar-refractivity contribution in [1.82, 2.24) is 9.97 Å². The second-order valence-electron chi connectivity index (χ2n) is 2.91. The maximum absolute atomic E-state index is 5.93. The Kier molecular flexibility index (Phi) is 2.70. The van der Waals surface area contributed by atoms with E-state index in [0.29, 0.717) is 17.5 Å². The first-order chi connectivity index (χ1) is 7.31. The summed E-state index contributed by atoms with van der Waals surface area (Å²) in [7, 11) is 0. The Bertz CT molecular complexity index is 531. The molecule has 3 nitrogen and oxygen atoms in total. The monoisotopic (exact) mass is 217 g/mol. The number of anilines is 1. The van der Waals surface area contributed by atoms with Gasteiger partial charge in [-0.2, -0.15) is 0 Å². The van der Waals surface area contributed by atoms with Gasteiger partial charge in [-0.1, -0.05) is 29.7 Å². The van der Waals surface area contributed by atoms with Crippen LogP contribution in [0.15, 0.2) is 24.3 Å². The molecule has 0 saturated heterocycles. The summed E-state index contributed by atoms with van der Waals surface area (Å²) in [4.78, 5) is 8.51. The fourth-order valence-electron chi connectivity index (χ4n) is 1.23. The minimum absolute atomic E-state index is 0.337. The van der Waals surface area contributed by atoms with Gasteiger partial charge in [-0.15, -0.1) is 6.42 Å². The largest absolute Gasteiger partial charge is 0.357 e. The third-order valence-corrected chi connectivity index (χ3v) is 2.15. The zero-order valence-electron chi connectivity index (χ0n) is 7.87. The molecule has 0 aliphatic rings. The molecule has 0 amide bonds. The fraction of sp³-hybridized carbons (Fsp3) is 0.0909. The highest BCUT2D eigenvalue weighted by Gasteiger charge is 2.04. The lowest BCUT2D eigenvalue weighted by Crippen LogP contribution is -2.02. The van der Waals surface area contributed by atoms with E-state index in [9.17, 15) is 0 Å². The van der Waals surface area contributed by atoms with Crippen molar-refractivity contribution in [3.63, 3.8) is 0 Å². The predicted octanol–water partition coefficient (Wildman–Crippen LogP) is 2.33. The molecule has 4 heteroatoms. The van der Waals surface area contributed by atoms with E-state index in [4.69, 9.17) is 18.0 Å². The number of rotatable bonds is 2. The summed E-state index contributed by atoms with van der Waals surface area (Å²) in [6.07, 6.45) is 5.14. The van der Waals surface area contributed by atoms with Gasteiger partial charge in [0, 0.05) is 0 Å². The van der Waals surface area contributed by atoms with E-state index in [0.717, 1.165) is 11.0 Å². The Balaban J connectivity index is 2.48. The third kappa shape index (κ3) is 2.00. The maximum Gasteiger partial charge on any atom is 0.172 e. The highest BCUT2D eigenvalue weighted by molar-refractivity contribution is 6.32. The molecule has 0 atom stereocenters. The molecule has 0 bridgehead atoms. The van der Waals surface area contributed by atoms with Crippen molar-refractivity contribution in [2.45, 2.75) is 0 Å². The van der Waals surface area contributed by atoms with Gasteiger partial charge in [-0.05, 0) is 12.1 Å². The molecule has 74 valence electrons. The van der Waals surface area contributed by atoms with Crippen molar-refractivity contribution in [2.75, 3.05) is 11.9 Å². The van der Waals surface area contributed by atoms with Gasteiger partial charge in [0.25, 0.3) is 0 Å². The van der Waals surface area contributed by atoms with E-state index in [1.807, 2.05) is 24.3 Å². The molecule has 0 unspecified atom stereocenters. The first-order valence-electron chi connectivity index (χ1n) is 4.41. The summed E-state index contributed by atoms with van der Waals surface area (Å²) < 4.78 is 0. The van der Waals surface area contributed by atoms with Gasteiger partial charge in [-0.25, -0.2) is 9.97 Å². The molecule has 0 saturated carbocycles. The van der Waals surface area contributed by atoms with Crippen LogP contribution in [0.25, 0.3) is 11.0 Å². The topological polar surface area (TPSA) is 37.8 Å². The summed E-state index contributed by atoms with van der Waals surface area (Å²) in [5.74, 6) is 2.98. The van der Waals surface area contributed by atoms with Crippen molar-refractivity contribution < 1.29 is 0 Å². The van der Waals surface area contributed by atoms with Crippen LogP contribution in [0, 0.1) is 12.3 Å². The molecule has 0 fully saturated rings. The van der Waals surface area contributed by atoms with E-state index in [-0.39, 0.29) is 0 Å². The van der Waals surface area contributed by atoms with Gasteiger partial charge in [-0.3, -0.25) is 0 Å². The van der Waals surface area contributed by atoms with E-state index in [1.54, 1.807) is 0 Å². The van der Waals surface area contributed by atoms with Crippen molar-refractivity contribution in [3.8, 4) is 12.3 Å². The number of benzene rings is 1. The van der Waals surface area contributed by atoms with Crippen LogP contribution in [0.2, 0.25) is 5.15 Å². The molecule has 0 spiro atoms. The molecular weight excluding hydrogens is 210 g/mol. The molecule has 0 aliphatic carbocycles. The lowest BCUT2D eigenvalue weighted by atomic mass is 10.3. The lowest BCUT2D eigenvalue weighted by Gasteiger charge is -2.04.